The highest BCUT2D eigenvalue weighted by atomic mass is 35.5. The summed E-state index contributed by atoms with van der Waals surface area (Å²) in [7, 11) is -3.57. The molecule has 2 aromatic carbocycles. The van der Waals surface area contributed by atoms with E-state index in [1.807, 2.05) is 24.3 Å². The highest BCUT2D eigenvalue weighted by Gasteiger charge is 2.17. The van der Waals surface area contributed by atoms with Gasteiger partial charge in [0.15, 0.2) is 0 Å². The Morgan fingerprint density at radius 2 is 1.64 bits per heavy atom. The van der Waals surface area contributed by atoms with Gasteiger partial charge in [0.25, 0.3) is 10.0 Å². The van der Waals surface area contributed by atoms with Gasteiger partial charge in [0.05, 0.1) is 4.90 Å². The number of sulfonamides is 1. The predicted octanol–water partition coefficient (Wildman–Crippen LogP) is 4.84. The van der Waals surface area contributed by atoms with Crippen molar-refractivity contribution in [2.24, 2.45) is 0 Å². The van der Waals surface area contributed by atoms with E-state index in [4.69, 9.17) is 0 Å². The maximum absolute atomic E-state index is 12.7. The molecular weight excluding hydrogens is 392 g/mol. The van der Waals surface area contributed by atoms with Crippen molar-refractivity contribution in [2.75, 3.05) is 24.4 Å². The molecule has 0 spiro atoms. The zero-order chi connectivity index (χ0) is 19.4. The molecule has 1 aliphatic rings. The molecule has 0 amide bonds. The molecule has 0 fully saturated rings. The summed E-state index contributed by atoms with van der Waals surface area (Å²) in [5, 5.41) is 0. The number of nitrogens with zero attached hydrogens (tertiary/aromatic N) is 1. The summed E-state index contributed by atoms with van der Waals surface area (Å²) in [6, 6.07) is 13.1. The molecule has 1 heterocycles. The maximum Gasteiger partial charge on any atom is 0.261 e. The van der Waals surface area contributed by atoms with Crippen LogP contribution in [-0.4, -0.2) is 33.0 Å². The normalized spacial score (nSPS) is 14.9. The molecule has 0 unspecified atom stereocenters. The molecule has 0 saturated carbocycles. The Kier molecular flexibility index (Phi) is 7.93. The fraction of sp³-hybridized carbons (Fsp3) is 0.455. The first-order valence-electron chi connectivity index (χ1n) is 9.86. The van der Waals surface area contributed by atoms with Gasteiger partial charge in [0.2, 0.25) is 0 Å². The van der Waals surface area contributed by atoms with Crippen molar-refractivity contribution in [1.82, 2.24) is 4.90 Å². The van der Waals surface area contributed by atoms with Gasteiger partial charge in [0, 0.05) is 18.8 Å². The van der Waals surface area contributed by atoms with Crippen LogP contribution in [0.3, 0.4) is 0 Å². The van der Waals surface area contributed by atoms with Crippen LogP contribution in [0.2, 0.25) is 0 Å². The molecule has 1 aliphatic heterocycles. The Morgan fingerprint density at radius 1 is 1.00 bits per heavy atom. The number of nitrogens with one attached hydrogen (secondary N) is 1. The lowest BCUT2D eigenvalue weighted by molar-refractivity contribution is 0.288. The molecule has 4 nitrogen and oxygen atoms in total. The van der Waals surface area contributed by atoms with Gasteiger partial charge in [-0.1, -0.05) is 39.0 Å². The van der Waals surface area contributed by atoms with Gasteiger partial charge in [-0.2, -0.15) is 0 Å². The Labute approximate surface area is 175 Å². The first kappa shape index (κ1) is 22.7. The second-order valence-electron chi connectivity index (χ2n) is 7.65. The van der Waals surface area contributed by atoms with Gasteiger partial charge in [-0.15, -0.1) is 12.4 Å². The third-order valence-electron chi connectivity index (χ3n) is 5.25. The van der Waals surface area contributed by atoms with Gasteiger partial charge < -0.3 is 4.90 Å². The summed E-state index contributed by atoms with van der Waals surface area (Å²) in [6.07, 6.45) is 3.16. The topological polar surface area (TPSA) is 49.4 Å². The van der Waals surface area contributed by atoms with Crippen molar-refractivity contribution in [2.45, 2.75) is 50.8 Å². The molecule has 28 heavy (non-hydrogen) atoms. The summed E-state index contributed by atoms with van der Waals surface area (Å²) >= 11 is 0. The molecular formula is C22H31ClN2O2S. The molecule has 0 radical (unpaired) electrons. The molecule has 0 atom stereocenters. The maximum atomic E-state index is 12.7. The first-order chi connectivity index (χ1) is 12.9. The van der Waals surface area contributed by atoms with Crippen molar-refractivity contribution in [3.8, 4) is 0 Å². The van der Waals surface area contributed by atoms with E-state index in [9.17, 15) is 8.42 Å². The molecule has 0 aliphatic carbocycles. The van der Waals surface area contributed by atoms with E-state index in [0.717, 1.165) is 44.5 Å². The van der Waals surface area contributed by atoms with Crippen LogP contribution in [0.1, 0.15) is 49.8 Å². The summed E-state index contributed by atoms with van der Waals surface area (Å²) in [6.45, 7) is 9.64. The average molecular weight is 423 g/mol. The van der Waals surface area contributed by atoms with Gasteiger partial charge in [-0.05, 0) is 72.7 Å². The molecule has 6 heteroatoms. The fourth-order valence-corrected chi connectivity index (χ4v) is 4.67. The molecule has 154 valence electrons. The minimum atomic E-state index is -3.57. The fourth-order valence-electron chi connectivity index (χ4n) is 3.62. The number of fused-ring (bicyclic) bond motifs is 1. The Hall–Kier alpha value is -1.56. The smallest absolute Gasteiger partial charge is 0.261 e. The van der Waals surface area contributed by atoms with Crippen LogP contribution in [0.4, 0.5) is 5.69 Å². The quantitative estimate of drug-likeness (QED) is 0.724. The van der Waals surface area contributed by atoms with Crippen molar-refractivity contribution in [1.29, 1.82) is 0 Å². The summed E-state index contributed by atoms with van der Waals surface area (Å²) < 4.78 is 28.2. The summed E-state index contributed by atoms with van der Waals surface area (Å²) in [4.78, 5) is 2.79. The van der Waals surface area contributed by atoms with E-state index in [-0.39, 0.29) is 12.4 Å². The average Bonchev–Trinajstić information content (AvgIpc) is 2.84. The second-order valence-corrected chi connectivity index (χ2v) is 9.34. The Bertz CT molecular complexity index is 880. The number of halogens is 1. The first-order valence-corrected chi connectivity index (χ1v) is 11.3. The van der Waals surface area contributed by atoms with Crippen molar-refractivity contribution in [3.63, 3.8) is 0 Å². The number of anilines is 1. The zero-order valence-corrected chi connectivity index (χ0v) is 18.6. The predicted molar refractivity (Wildman–Crippen MR) is 119 cm³/mol. The van der Waals surface area contributed by atoms with Crippen molar-refractivity contribution in [3.05, 3.63) is 59.2 Å². The standard InChI is InChI=1S/C22H30N2O2S.ClH/c1-4-13-24-14-11-19-5-8-21(16-20(19)12-15-24)23-27(25,26)22-9-6-18(7-10-22)17(2)3;/h5-10,16-17,23H,4,11-15H2,1-3H3;1H. The lowest BCUT2D eigenvalue weighted by atomic mass is 10.0. The largest absolute Gasteiger partial charge is 0.303 e. The number of hydrogen-bond donors (Lipinski definition) is 1. The Morgan fingerprint density at radius 3 is 2.25 bits per heavy atom. The molecule has 0 aromatic heterocycles. The van der Waals surface area contributed by atoms with Crippen LogP contribution in [0.5, 0.6) is 0 Å². The molecule has 3 rings (SSSR count). The van der Waals surface area contributed by atoms with E-state index in [1.165, 1.54) is 11.1 Å². The van der Waals surface area contributed by atoms with Gasteiger partial charge >= 0.3 is 0 Å². The summed E-state index contributed by atoms with van der Waals surface area (Å²) in [5.74, 6) is 0.381. The lowest BCUT2D eigenvalue weighted by Gasteiger charge is -2.18. The van der Waals surface area contributed by atoms with Crippen LogP contribution in [0, 0.1) is 0 Å². The van der Waals surface area contributed by atoms with E-state index in [2.05, 4.69) is 36.5 Å². The van der Waals surface area contributed by atoms with Gasteiger partial charge in [-0.3, -0.25) is 4.72 Å². The van der Waals surface area contributed by atoms with Gasteiger partial charge in [-0.25, -0.2) is 8.42 Å². The highest BCUT2D eigenvalue weighted by Crippen LogP contribution is 2.24. The minimum absolute atomic E-state index is 0. The number of benzene rings is 2. The van der Waals surface area contributed by atoms with E-state index < -0.39 is 10.0 Å². The minimum Gasteiger partial charge on any atom is -0.303 e. The van der Waals surface area contributed by atoms with Crippen LogP contribution in [0.15, 0.2) is 47.4 Å². The third kappa shape index (κ3) is 5.49. The highest BCUT2D eigenvalue weighted by molar-refractivity contribution is 7.92. The Balaban J connectivity index is 0.00000280. The lowest BCUT2D eigenvalue weighted by Crippen LogP contribution is -2.27. The molecule has 0 bridgehead atoms. The summed E-state index contributed by atoms with van der Waals surface area (Å²) in [5.41, 5.74) is 4.36. The molecule has 0 saturated heterocycles. The molecule has 2 aromatic rings. The van der Waals surface area contributed by atoms with Gasteiger partial charge in [0.1, 0.15) is 0 Å². The van der Waals surface area contributed by atoms with Crippen molar-refractivity contribution < 1.29 is 8.42 Å². The van der Waals surface area contributed by atoms with Crippen LogP contribution in [0.25, 0.3) is 0 Å². The van der Waals surface area contributed by atoms with Crippen LogP contribution < -0.4 is 4.72 Å². The van der Waals surface area contributed by atoms with Crippen molar-refractivity contribution >= 4 is 28.1 Å². The second kappa shape index (κ2) is 9.77. The van der Waals surface area contributed by atoms with Crippen LogP contribution in [-0.2, 0) is 22.9 Å². The van der Waals surface area contributed by atoms with E-state index in [0.29, 0.717) is 16.5 Å². The third-order valence-corrected chi connectivity index (χ3v) is 6.65. The molecule has 1 N–H and O–H groups in total. The van der Waals surface area contributed by atoms with E-state index >= 15 is 0 Å². The zero-order valence-electron chi connectivity index (χ0n) is 16.9. The number of rotatable bonds is 6. The van der Waals surface area contributed by atoms with E-state index in [1.54, 1.807) is 12.1 Å². The monoisotopic (exact) mass is 422 g/mol. The SMILES string of the molecule is CCCN1CCc2ccc(NS(=O)(=O)c3ccc(C(C)C)cc3)cc2CC1.Cl. The van der Waals surface area contributed by atoms with Crippen LogP contribution >= 0.6 is 12.4 Å². The number of hydrogen-bond acceptors (Lipinski definition) is 3.